The Bertz CT molecular complexity index is 830. The first kappa shape index (κ1) is 18.0. The van der Waals surface area contributed by atoms with Crippen molar-refractivity contribution in [1.29, 1.82) is 0 Å². The van der Waals surface area contributed by atoms with Crippen molar-refractivity contribution in [2.24, 2.45) is 0 Å². The van der Waals surface area contributed by atoms with Gasteiger partial charge in [0, 0.05) is 5.69 Å². The van der Waals surface area contributed by atoms with Crippen molar-refractivity contribution in [3.63, 3.8) is 0 Å². The Morgan fingerprint density at radius 2 is 1.67 bits per heavy atom. The van der Waals surface area contributed by atoms with Gasteiger partial charge in [-0.1, -0.05) is 23.8 Å². The number of sulfonamides is 1. The van der Waals surface area contributed by atoms with Gasteiger partial charge in [0.15, 0.2) is 0 Å². The highest BCUT2D eigenvalue weighted by atomic mass is 32.2. The number of anilines is 1. The molecule has 2 aromatic carbocycles. The highest BCUT2D eigenvalue weighted by Crippen LogP contribution is 2.24. The maximum absolute atomic E-state index is 12.4. The number of aryl methyl sites for hydroxylation is 2. The van der Waals surface area contributed by atoms with Crippen LogP contribution in [0.2, 0.25) is 0 Å². The second-order valence-electron chi connectivity index (χ2n) is 5.39. The largest absolute Gasteiger partial charge is 0.495 e. The molecule has 0 aromatic heterocycles. The molecule has 0 heterocycles. The van der Waals surface area contributed by atoms with Crippen LogP contribution in [0, 0.1) is 13.8 Å². The Balaban J connectivity index is 2.06. The van der Waals surface area contributed by atoms with E-state index in [2.05, 4.69) is 10.0 Å². The molecular formula is C17H20N2O4S. The molecule has 0 saturated carbocycles. The van der Waals surface area contributed by atoms with E-state index in [0.29, 0.717) is 5.69 Å². The fourth-order valence-corrected chi connectivity index (χ4v) is 3.31. The number of hydrogen-bond acceptors (Lipinski definition) is 4. The second kappa shape index (κ2) is 7.46. The molecule has 2 N–H and O–H groups in total. The summed E-state index contributed by atoms with van der Waals surface area (Å²) in [6, 6.07) is 12.1. The van der Waals surface area contributed by atoms with Crippen molar-refractivity contribution in [2.45, 2.75) is 18.7 Å². The summed E-state index contributed by atoms with van der Waals surface area (Å²) in [5.74, 6) is -0.221. The van der Waals surface area contributed by atoms with Crippen LogP contribution in [0.1, 0.15) is 11.1 Å². The molecule has 24 heavy (non-hydrogen) atoms. The maximum Gasteiger partial charge on any atom is 0.244 e. The summed E-state index contributed by atoms with van der Waals surface area (Å²) in [7, 11) is -2.46. The van der Waals surface area contributed by atoms with Crippen LogP contribution in [-0.4, -0.2) is 28.0 Å². The average molecular weight is 348 g/mol. The molecule has 0 aliphatic heterocycles. The second-order valence-corrected chi connectivity index (χ2v) is 7.13. The molecule has 7 heteroatoms. The van der Waals surface area contributed by atoms with E-state index < -0.39 is 15.9 Å². The number of methoxy groups -OCH3 is 1. The minimum atomic E-state index is -3.86. The number of benzene rings is 2. The van der Waals surface area contributed by atoms with E-state index in [4.69, 9.17) is 4.74 Å². The molecule has 2 rings (SSSR count). The van der Waals surface area contributed by atoms with Crippen molar-refractivity contribution in [3.05, 3.63) is 53.6 Å². The van der Waals surface area contributed by atoms with Gasteiger partial charge in [-0.3, -0.25) is 4.79 Å². The fraction of sp³-hybridized carbons (Fsp3) is 0.235. The molecule has 0 spiro atoms. The molecule has 128 valence electrons. The van der Waals surface area contributed by atoms with Crippen LogP contribution in [0.5, 0.6) is 5.75 Å². The summed E-state index contributed by atoms with van der Waals surface area (Å²) in [6.45, 7) is 3.35. The number of nitrogens with one attached hydrogen (secondary N) is 2. The molecule has 0 unspecified atom stereocenters. The summed E-state index contributed by atoms with van der Waals surface area (Å²) in [4.78, 5) is 11.9. The molecule has 0 bridgehead atoms. The third-order valence-electron chi connectivity index (χ3n) is 3.37. The lowest BCUT2D eigenvalue weighted by Gasteiger charge is -2.11. The Morgan fingerprint density at radius 1 is 1.04 bits per heavy atom. The van der Waals surface area contributed by atoms with Gasteiger partial charge in [-0.05, 0) is 43.7 Å². The maximum atomic E-state index is 12.4. The van der Waals surface area contributed by atoms with E-state index >= 15 is 0 Å². The number of carbonyl (C=O) groups is 1. The smallest absolute Gasteiger partial charge is 0.244 e. The molecular weight excluding hydrogens is 328 g/mol. The van der Waals surface area contributed by atoms with Crippen LogP contribution in [0.4, 0.5) is 5.69 Å². The molecule has 0 radical (unpaired) electrons. The van der Waals surface area contributed by atoms with Gasteiger partial charge in [0.2, 0.25) is 15.9 Å². The molecule has 0 atom stereocenters. The summed E-state index contributed by atoms with van der Waals surface area (Å²) in [5, 5.41) is 2.64. The van der Waals surface area contributed by atoms with Gasteiger partial charge in [-0.15, -0.1) is 0 Å². The van der Waals surface area contributed by atoms with Crippen molar-refractivity contribution < 1.29 is 17.9 Å². The van der Waals surface area contributed by atoms with Crippen LogP contribution in [0.25, 0.3) is 0 Å². The van der Waals surface area contributed by atoms with E-state index in [9.17, 15) is 13.2 Å². The van der Waals surface area contributed by atoms with E-state index in [1.165, 1.54) is 13.2 Å². The number of ether oxygens (including phenoxy) is 1. The summed E-state index contributed by atoms with van der Waals surface area (Å²) in [5.41, 5.74) is 2.46. The fourth-order valence-electron chi connectivity index (χ4n) is 2.07. The van der Waals surface area contributed by atoms with Crippen LogP contribution in [-0.2, 0) is 14.8 Å². The standard InChI is InChI=1S/C17H20N2O4S/c1-12-4-7-14(8-5-12)19-17(20)11-18-24(21,22)16-10-13(2)6-9-15(16)23-3/h4-10,18H,11H2,1-3H3,(H,19,20). The highest BCUT2D eigenvalue weighted by Gasteiger charge is 2.20. The number of hydrogen-bond donors (Lipinski definition) is 2. The highest BCUT2D eigenvalue weighted by molar-refractivity contribution is 7.89. The predicted octanol–water partition coefficient (Wildman–Crippen LogP) is 2.23. The van der Waals surface area contributed by atoms with Crippen molar-refractivity contribution in [2.75, 3.05) is 19.0 Å². The Morgan fingerprint density at radius 3 is 2.29 bits per heavy atom. The van der Waals surface area contributed by atoms with Gasteiger partial charge in [-0.2, -0.15) is 0 Å². The average Bonchev–Trinajstić information content (AvgIpc) is 2.55. The molecule has 0 saturated heterocycles. The van der Waals surface area contributed by atoms with Crippen molar-refractivity contribution >= 4 is 21.6 Å². The monoisotopic (exact) mass is 348 g/mol. The van der Waals surface area contributed by atoms with E-state index in [1.54, 1.807) is 31.2 Å². The summed E-state index contributed by atoms with van der Waals surface area (Å²) in [6.07, 6.45) is 0. The van der Waals surface area contributed by atoms with Crippen molar-refractivity contribution in [3.8, 4) is 5.75 Å². The lowest BCUT2D eigenvalue weighted by Crippen LogP contribution is -2.33. The van der Waals surface area contributed by atoms with E-state index in [1.807, 2.05) is 19.1 Å². The lowest BCUT2D eigenvalue weighted by atomic mass is 10.2. The normalized spacial score (nSPS) is 11.1. The van der Waals surface area contributed by atoms with Gasteiger partial charge in [0.05, 0.1) is 13.7 Å². The quantitative estimate of drug-likeness (QED) is 0.838. The van der Waals surface area contributed by atoms with Crippen LogP contribution >= 0.6 is 0 Å². The van der Waals surface area contributed by atoms with Gasteiger partial charge >= 0.3 is 0 Å². The first-order chi connectivity index (χ1) is 11.3. The number of rotatable bonds is 6. The predicted molar refractivity (Wildman–Crippen MR) is 92.7 cm³/mol. The lowest BCUT2D eigenvalue weighted by molar-refractivity contribution is -0.115. The molecule has 6 nitrogen and oxygen atoms in total. The zero-order chi connectivity index (χ0) is 17.7. The first-order valence-electron chi connectivity index (χ1n) is 7.32. The zero-order valence-electron chi connectivity index (χ0n) is 13.8. The van der Waals surface area contributed by atoms with Gasteiger partial charge in [-0.25, -0.2) is 13.1 Å². The number of carbonyl (C=O) groups excluding carboxylic acids is 1. The zero-order valence-corrected chi connectivity index (χ0v) is 14.6. The first-order valence-corrected chi connectivity index (χ1v) is 8.81. The van der Waals surface area contributed by atoms with E-state index in [-0.39, 0.29) is 17.2 Å². The molecule has 2 aromatic rings. The topological polar surface area (TPSA) is 84.5 Å². The Hall–Kier alpha value is -2.38. The SMILES string of the molecule is COc1ccc(C)cc1S(=O)(=O)NCC(=O)Nc1ccc(C)cc1. The minimum absolute atomic E-state index is 0.00753. The van der Waals surface area contributed by atoms with Crippen molar-refractivity contribution in [1.82, 2.24) is 4.72 Å². The third-order valence-corrected chi connectivity index (χ3v) is 4.79. The number of amides is 1. The molecule has 0 aliphatic carbocycles. The Labute approximate surface area is 141 Å². The van der Waals surface area contributed by atoms with Gasteiger partial charge < -0.3 is 10.1 Å². The summed E-state index contributed by atoms with van der Waals surface area (Å²) >= 11 is 0. The molecule has 0 aliphatic rings. The summed E-state index contributed by atoms with van der Waals surface area (Å²) < 4.78 is 32.2. The minimum Gasteiger partial charge on any atom is -0.495 e. The molecule has 1 amide bonds. The Kier molecular flexibility index (Phi) is 5.58. The van der Waals surface area contributed by atoms with Crippen LogP contribution in [0.3, 0.4) is 0 Å². The van der Waals surface area contributed by atoms with Gasteiger partial charge in [0.1, 0.15) is 10.6 Å². The van der Waals surface area contributed by atoms with Crippen LogP contribution < -0.4 is 14.8 Å². The van der Waals surface area contributed by atoms with Gasteiger partial charge in [0.25, 0.3) is 0 Å². The van der Waals surface area contributed by atoms with E-state index in [0.717, 1.165) is 11.1 Å². The third kappa shape index (κ3) is 4.56. The van der Waals surface area contributed by atoms with Crippen LogP contribution in [0.15, 0.2) is 47.4 Å². The molecule has 0 fully saturated rings.